The van der Waals surface area contributed by atoms with Gasteiger partial charge in [0.1, 0.15) is 16.0 Å². The van der Waals surface area contributed by atoms with Crippen LogP contribution in [-0.2, 0) is 4.74 Å². The number of hydrogen-bond donors (Lipinski definition) is 1. The second-order valence-electron chi connectivity index (χ2n) is 6.05. The molecule has 0 aliphatic carbocycles. The molecule has 2 heterocycles. The minimum absolute atomic E-state index is 0.0105. The van der Waals surface area contributed by atoms with Gasteiger partial charge >= 0.3 is 0 Å². The maximum Gasteiger partial charge on any atom is 0.265 e. The summed E-state index contributed by atoms with van der Waals surface area (Å²) in [6, 6.07) is 10.1. The van der Waals surface area contributed by atoms with Crippen molar-refractivity contribution in [3.05, 3.63) is 52.0 Å². The average molecular weight is 345 g/mol. The lowest BCUT2D eigenvalue weighted by molar-refractivity contribution is 0.0762. The van der Waals surface area contributed by atoms with Gasteiger partial charge in [-0.3, -0.25) is 4.79 Å². The number of amides is 1. The van der Waals surface area contributed by atoms with Crippen LogP contribution in [0.25, 0.3) is 0 Å². The third-order valence-corrected chi connectivity index (χ3v) is 5.53. The van der Waals surface area contributed by atoms with Gasteiger partial charge in [-0.2, -0.15) is 0 Å². The quantitative estimate of drug-likeness (QED) is 0.905. The Bertz CT molecular complexity index is 689. The lowest BCUT2D eigenvalue weighted by Gasteiger charge is -2.15. The number of ether oxygens (including phenoxy) is 1. The number of aromatic nitrogens is 1. The van der Waals surface area contributed by atoms with Gasteiger partial charge < -0.3 is 15.4 Å². The number of rotatable bonds is 5. The Morgan fingerprint density at radius 1 is 1.42 bits per heavy atom. The molecule has 1 aliphatic rings. The third kappa shape index (κ3) is 3.50. The molecule has 1 aromatic carbocycles. The van der Waals surface area contributed by atoms with Gasteiger partial charge in [0.15, 0.2) is 0 Å². The summed E-state index contributed by atoms with van der Waals surface area (Å²) in [5.74, 6) is 0.196. The molecule has 0 radical (unpaired) electrons. The van der Waals surface area contributed by atoms with Crippen LogP contribution in [0.15, 0.2) is 36.5 Å². The van der Waals surface area contributed by atoms with Crippen molar-refractivity contribution in [3.8, 4) is 0 Å². The van der Waals surface area contributed by atoms with Crippen LogP contribution < -0.4 is 5.73 Å². The van der Waals surface area contributed by atoms with Crippen molar-refractivity contribution in [1.29, 1.82) is 0 Å². The number of nitrogens with zero attached hydrogens (tertiary/aromatic N) is 2. The minimum Gasteiger partial charge on any atom is -0.372 e. The van der Waals surface area contributed by atoms with Crippen LogP contribution in [0.5, 0.6) is 0 Å². The molecule has 0 bridgehead atoms. The maximum atomic E-state index is 12.8. The summed E-state index contributed by atoms with van der Waals surface area (Å²) in [6.07, 6.45) is 1.57. The van der Waals surface area contributed by atoms with Gasteiger partial charge in [-0.05, 0) is 19.4 Å². The highest BCUT2D eigenvalue weighted by Crippen LogP contribution is 2.29. The van der Waals surface area contributed by atoms with Crippen LogP contribution in [0, 0.1) is 0 Å². The zero-order valence-electron chi connectivity index (χ0n) is 14.0. The summed E-state index contributed by atoms with van der Waals surface area (Å²) in [4.78, 5) is 19.6. The molecule has 1 aliphatic heterocycles. The molecule has 1 fully saturated rings. The number of hydrogen-bond acceptors (Lipinski definition) is 5. The van der Waals surface area contributed by atoms with Crippen LogP contribution in [0.4, 0.5) is 0 Å². The Morgan fingerprint density at radius 3 is 2.88 bits per heavy atom. The van der Waals surface area contributed by atoms with Crippen molar-refractivity contribution >= 4 is 17.2 Å². The molecule has 2 aromatic rings. The molecular formula is C18H23N3O2S. The summed E-state index contributed by atoms with van der Waals surface area (Å²) in [6.45, 7) is 5.76. The lowest BCUT2D eigenvalue weighted by atomic mass is 9.95. The Balaban J connectivity index is 1.70. The number of carbonyl (C=O) groups is 1. The predicted octanol–water partition coefficient (Wildman–Crippen LogP) is 2.81. The summed E-state index contributed by atoms with van der Waals surface area (Å²) in [5.41, 5.74) is 7.47. The zero-order valence-corrected chi connectivity index (χ0v) is 14.8. The first-order valence-corrected chi connectivity index (χ1v) is 9.09. The Hall–Kier alpha value is -1.76. The van der Waals surface area contributed by atoms with Crippen molar-refractivity contribution in [2.75, 3.05) is 19.7 Å². The molecule has 3 rings (SSSR count). The highest BCUT2D eigenvalue weighted by atomic mass is 32.1. The fourth-order valence-corrected chi connectivity index (χ4v) is 3.99. The van der Waals surface area contributed by atoms with E-state index in [4.69, 9.17) is 10.5 Å². The largest absolute Gasteiger partial charge is 0.372 e. The van der Waals surface area contributed by atoms with Crippen molar-refractivity contribution in [2.24, 2.45) is 5.73 Å². The van der Waals surface area contributed by atoms with E-state index in [0.29, 0.717) is 24.6 Å². The van der Waals surface area contributed by atoms with Gasteiger partial charge in [0, 0.05) is 31.7 Å². The Labute approximate surface area is 146 Å². The van der Waals surface area contributed by atoms with E-state index in [-0.39, 0.29) is 24.0 Å². The molecular weight excluding hydrogens is 322 g/mol. The van der Waals surface area contributed by atoms with E-state index >= 15 is 0 Å². The van der Waals surface area contributed by atoms with Crippen LogP contribution in [-0.4, -0.2) is 41.5 Å². The molecule has 1 unspecified atom stereocenters. The van der Waals surface area contributed by atoms with Crippen molar-refractivity contribution in [1.82, 2.24) is 9.88 Å². The van der Waals surface area contributed by atoms with Gasteiger partial charge in [0.05, 0.1) is 6.20 Å². The Morgan fingerprint density at radius 2 is 2.17 bits per heavy atom. The fraction of sp³-hybridized carbons (Fsp3) is 0.444. The highest BCUT2D eigenvalue weighted by Gasteiger charge is 2.34. The number of thiazole rings is 1. The first kappa shape index (κ1) is 17.1. The zero-order chi connectivity index (χ0) is 17.1. The van der Waals surface area contributed by atoms with Crippen molar-refractivity contribution in [3.63, 3.8) is 0 Å². The number of benzene rings is 1. The van der Waals surface area contributed by atoms with Gasteiger partial charge in [-0.25, -0.2) is 4.98 Å². The summed E-state index contributed by atoms with van der Waals surface area (Å²) >= 11 is 1.41. The molecule has 1 amide bonds. The van der Waals surface area contributed by atoms with E-state index in [2.05, 4.69) is 17.1 Å². The first-order chi connectivity index (χ1) is 11.6. The first-order valence-electron chi connectivity index (χ1n) is 8.27. The SMILES string of the molecule is CCOC(C)c1ncc(C(=O)N2C[C@@H](N)[C@H](c3ccccc3)C2)s1. The molecule has 24 heavy (non-hydrogen) atoms. The monoisotopic (exact) mass is 345 g/mol. The highest BCUT2D eigenvalue weighted by molar-refractivity contribution is 7.13. The second kappa shape index (κ2) is 7.42. The second-order valence-corrected chi connectivity index (χ2v) is 7.11. The van der Waals surface area contributed by atoms with E-state index in [9.17, 15) is 4.79 Å². The molecule has 5 nitrogen and oxygen atoms in total. The standard InChI is InChI=1S/C18H23N3O2S/c1-3-23-12(2)17-20-9-16(24-17)18(22)21-10-14(15(19)11-21)13-7-5-4-6-8-13/h4-9,12,14-15H,3,10-11,19H2,1-2H3/t12?,14-,15+/m0/s1. The molecule has 0 spiro atoms. The lowest BCUT2D eigenvalue weighted by Crippen LogP contribution is -2.31. The molecule has 2 N–H and O–H groups in total. The molecule has 1 saturated heterocycles. The minimum atomic E-state index is -0.0838. The number of carbonyl (C=O) groups excluding carboxylic acids is 1. The van der Waals surface area contributed by atoms with Gasteiger partial charge in [-0.1, -0.05) is 30.3 Å². The van der Waals surface area contributed by atoms with Crippen molar-refractivity contribution < 1.29 is 9.53 Å². The number of likely N-dealkylation sites (tertiary alicyclic amines) is 1. The van der Waals surface area contributed by atoms with Crippen LogP contribution in [0.1, 0.15) is 46.1 Å². The molecule has 1 aromatic heterocycles. The van der Waals surface area contributed by atoms with Gasteiger partial charge in [0.25, 0.3) is 5.91 Å². The smallest absolute Gasteiger partial charge is 0.265 e. The molecule has 128 valence electrons. The van der Waals surface area contributed by atoms with E-state index in [0.717, 1.165) is 5.01 Å². The van der Waals surface area contributed by atoms with Crippen LogP contribution in [0.3, 0.4) is 0 Å². The fourth-order valence-electron chi connectivity index (χ4n) is 3.10. The van der Waals surface area contributed by atoms with E-state index < -0.39 is 0 Å². The maximum absolute atomic E-state index is 12.8. The molecule has 0 saturated carbocycles. The number of nitrogens with two attached hydrogens (primary N) is 1. The topological polar surface area (TPSA) is 68.5 Å². The van der Waals surface area contributed by atoms with Gasteiger partial charge in [0.2, 0.25) is 0 Å². The van der Waals surface area contributed by atoms with E-state index in [1.807, 2.05) is 36.9 Å². The predicted molar refractivity (Wildman–Crippen MR) is 95.2 cm³/mol. The van der Waals surface area contributed by atoms with Gasteiger partial charge in [-0.15, -0.1) is 11.3 Å². The summed E-state index contributed by atoms with van der Waals surface area (Å²) in [5, 5.41) is 0.836. The van der Waals surface area contributed by atoms with Crippen LogP contribution in [0.2, 0.25) is 0 Å². The third-order valence-electron chi connectivity index (χ3n) is 4.38. The van der Waals surface area contributed by atoms with E-state index in [1.54, 1.807) is 6.20 Å². The average Bonchev–Trinajstić information content (AvgIpc) is 3.22. The molecule has 6 heteroatoms. The van der Waals surface area contributed by atoms with E-state index in [1.165, 1.54) is 16.9 Å². The Kier molecular flexibility index (Phi) is 5.28. The van der Waals surface area contributed by atoms with Crippen LogP contribution >= 0.6 is 11.3 Å². The summed E-state index contributed by atoms with van der Waals surface area (Å²) in [7, 11) is 0. The summed E-state index contributed by atoms with van der Waals surface area (Å²) < 4.78 is 5.54. The van der Waals surface area contributed by atoms with Crippen molar-refractivity contribution in [2.45, 2.75) is 31.9 Å². The normalized spacial score (nSPS) is 21.9. The molecule has 3 atom stereocenters.